The van der Waals surface area contributed by atoms with Crippen molar-refractivity contribution >= 4 is 5.71 Å². The van der Waals surface area contributed by atoms with E-state index in [0.29, 0.717) is 0 Å². The van der Waals surface area contributed by atoms with Gasteiger partial charge >= 0.3 is 0 Å². The van der Waals surface area contributed by atoms with Crippen molar-refractivity contribution in [1.82, 2.24) is 0 Å². The Kier molecular flexibility index (Phi) is 2.64. The van der Waals surface area contributed by atoms with Crippen molar-refractivity contribution in [2.24, 2.45) is 4.99 Å². The van der Waals surface area contributed by atoms with Crippen LogP contribution in [0.25, 0.3) is 0 Å². The third-order valence-electron chi connectivity index (χ3n) is 2.96. The molecule has 0 aromatic heterocycles. The third-order valence-corrected chi connectivity index (χ3v) is 2.96. The number of nitrogens with zero attached hydrogens (tertiary/aromatic N) is 1. The lowest BCUT2D eigenvalue weighted by atomic mass is 9.86. The molecule has 0 atom stereocenters. The molecule has 0 fully saturated rings. The van der Waals surface area contributed by atoms with Gasteiger partial charge in [-0.15, -0.1) is 0 Å². The zero-order valence-electron chi connectivity index (χ0n) is 9.88. The second-order valence-electron chi connectivity index (χ2n) is 5.26. The highest BCUT2D eigenvalue weighted by atomic mass is 14.8. The lowest BCUT2D eigenvalue weighted by Crippen LogP contribution is -2.11. The average Bonchev–Trinajstić information content (AvgIpc) is 2.69. The second-order valence-corrected chi connectivity index (χ2v) is 5.26. The van der Waals surface area contributed by atoms with Gasteiger partial charge < -0.3 is 0 Å². The minimum atomic E-state index is 0.246. The van der Waals surface area contributed by atoms with E-state index in [-0.39, 0.29) is 5.41 Å². The van der Waals surface area contributed by atoms with E-state index in [2.05, 4.69) is 50.0 Å². The number of hydrogen-bond acceptors (Lipinski definition) is 1. The first kappa shape index (κ1) is 10.4. The van der Waals surface area contributed by atoms with Gasteiger partial charge in [0.25, 0.3) is 0 Å². The Balaban J connectivity index is 2.24. The molecule has 1 nitrogen and oxygen atoms in total. The van der Waals surface area contributed by atoms with Gasteiger partial charge in [-0.1, -0.05) is 45.0 Å². The Morgan fingerprint density at radius 2 is 1.73 bits per heavy atom. The van der Waals surface area contributed by atoms with E-state index in [1.54, 1.807) is 0 Å². The topological polar surface area (TPSA) is 12.4 Å². The molecule has 80 valence electrons. The third kappa shape index (κ3) is 2.28. The van der Waals surface area contributed by atoms with E-state index < -0.39 is 0 Å². The van der Waals surface area contributed by atoms with Gasteiger partial charge in [0.2, 0.25) is 0 Å². The van der Waals surface area contributed by atoms with E-state index in [1.807, 2.05) is 0 Å². The lowest BCUT2D eigenvalue weighted by molar-refractivity contribution is 0.590. The molecule has 0 unspecified atom stereocenters. The molecule has 0 N–H and O–H groups in total. The van der Waals surface area contributed by atoms with Crippen LogP contribution in [0.1, 0.15) is 44.7 Å². The number of benzene rings is 1. The van der Waals surface area contributed by atoms with Crippen molar-refractivity contribution in [3.05, 3.63) is 35.4 Å². The van der Waals surface area contributed by atoms with E-state index in [4.69, 9.17) is 0 Å². The summed E-state index contributed by atoms with van der Waals surface area (Å²) in [5.74, 6) is 0. The van der Waals surface area contributed by atoms with Crippen molar-refractivity contribution < 1.29 is 0 Å². The molecule has 0 spiro atoms. The zero-order chi connectivity index (χ0) is 10.9. The summed E-state index contributed by atoms with van der Waals surface area (Å²) in [6.45, 7) is 7.75. The van der Waals surface area contributed by atoms with Crippen LogP contribution in [0.5, 0.6) is 0 Å². The van der Waals surface area contributed by atoms with Crippen molar-refractivity contribution in [2.75, 3.05) is 6.54 Å². The number of aliphatic imine (C=N–C) groups is 1. The monoisotopic (exact) mass is 201 g/mol. The molecule has 0 radical (unpaired) electrons. The van der Waals surface area contributed by atoms with E-state index in [9.17, 15) is 0 Å². The minimum Gasteiger partial charge on any atom is -0.289 e. The fourth-order valence-corrected chi connectivity index (χ4v) is 1.94. The van der Waals surface area contributed by atoms with Crippen LogP contribution in [-0.2, 0) is 5.41 Å². The number of hydrogen-bond donors (Lipinski definition) is 0. The molecule has 0 bridgehead atoms. The first-order valence-electron chi connectivity index (χ1n) is 5.71. The van der Waals surface area contributed by atoms with Crippen LogP contribution in [-0.4, -0.2) is 12.3 Å². The molecule has 1 heteroatoms. The highest BCUT2D eigenvalue weighted by Crippen LogP contribution is 2.23. The fourth-order valence-electron chi connectivity index (χ4n) is 1.94. The SMILES string of the molecule is CC(C)(C)c1ccc(C2=NCCC2)cc1. The van der Waals surface area contributed by atoms with Crippen LogP contribution in [0.4, 0.5) is 0 Å². The molecule has 1 aliphatic rings. The van der Waals surface area contributed by atoms with Crippen LogP contribution in [0, 0.1) is 0 Å². The van der Waals surface area contributed by atoms with Gasteiger partial charge in [0, 0.05) is 12.3 Å². The van der Waals surface area contributed by atoms with E-state index in [0.717, 1.165) is 13.0 Å². The van der Waals surface area contributed by atoms with E-state index >= 15 is 0 Å². The molecule has 1 aromatic carbocycles. The predicted octanol–water partition coefficient (Wildman–Crippen LogP) is 3.57. The largest absolute Gasteiger partial charge is 0.289 e. The first-order chi connectivity index (χ1) is 7.07. The van der Waals surface area contributed by atoms with Crippen molar-refractivity contribution in [1.29, 1.82) is 0 Å². The van der Waals surface area contributed by atoms with Crippen molar-refractivity contribution in [3.8, 4) is 0 Å². The normalized spacial score (nSPS) is 16.6. The highest BCUT2D eigenvalue weighted by molar-refractivity contribution is 6.01. The Hall–Kier alpha value is -1.11. The quantitative estimate of drug-likeness (QED) is 0.658. The minimum absolute atomic E-state index is 0.246. The lowest BCUT2D eigenvalue weighted by Gasteiger charge is -2.19. The maximum absolute atomic E-state index is 4.51. The summed E-state index contributed by atoms with van der Waals surface area (Å²) in [6.07, 6.45) is 2.37. The Labute approximate surface area is 92.2 Å². The maximum atomic E-state index is 4.51. The van der Waals surface area contributed by atoms with Gasteiger partial charge in [-0.25, -0.2) is 0 Å². The van der Waals surface area contributed by atoms with E-state index in [1.165, 1.54) is 23.3 Å². The Morgan fingerprint density at radius 1 is 1.07 bits per heavy atom. The average molecular weight is 201 g/mol. The zero-order valence-corrected chi connectivity index (χ0v) is 9.88. The molecule has 0 saturated heterocycles. The summed E-state index contributed by atoms with van der Waals surface area (Å²) in [5, 5.41) is 0. The summed E-state index contributed by atoms with van der Waals surface area (Å²) >= 11 is 0. The first-order valence-corrected chi connectivity index (χ1v) is 5.71. The van der Waals surface area contributed by atoms with Gasteiger partial charge in [-0.3, -0.25) is 4.99 Å². The smallest absolute Gasteiger partial charge is 0.0421 e. The molecule has 15 heavy (non-hydrogen) atoms. The van der Waals surface area contributed by atoms with Crippen LogP contribution >= 0.6 is 0 Å². The highest BCUT2D eigenvalue weighted by Gasteiger charge is 2.14. The molecule has 1 heterocycles. The van der Waals surface area contributed by atoms with Gasteiger partial charge in [0.1, 0.15) is 0 Å². The van der Waals surface area contributed by atoms with Gasteiger partial charge in [-0.2, -0.15) is 0 Å². The summed E-state index contributed by atoms with van der Waals surface area (Å²) in [6, 6.07) is 8.89. The number of rotatable bonds is 1. The van der Waals surface area contributed by atoms with Crippen LogP contribution in [0.15, 0.2) is 29.3 Å². The maximum Gasteiger partial charge on any atom is 0.0421 e. The predicted molar refractivity (Wildman–Crippen MR) is 65.8 cm³/mol. The summed E-state index contributed by atoms with van der Waals surface area (Å²) in [5.41, 5.74) is 4.23. The van der Waals surface area contributed by atoms with Crippen LogP contribution < -0.4 is 0 Å². The molecule has 0 amide bonds. The molecule has 1 aliphatic heterocycles. The van der Waals surface area contributed by atoms with Gasteiger partial charge in [0.05, 0.1) is 0 Å². The fraction of sp³-hybridized carbons (Fsp3) is 0.500. The molecule has 0 saturated carbocycles. The van der Waals surface area contributed by atoms with Crippen molar-refractivity contribution in [3.63, 3.8) is 0 Å². The molecule has 0 aliphatic carbocycles. The Bertz CT molecular complexity index is 365. The summed E-state index contributed by atoms with van der Waals surface area (Å²) < 4.78 is 0. The molecule has 1 aromatic rings. The van der Waals surface area contributed by atoms with Gasteiger partial charge in [0.15, 0.2) is 0 Å². The summed E-state index contributed by atoms with van der Waals surface area (Å²) in [4.78, 5) is 4.51. The molecule has 2 rings (SSSR count). The van der Waals surface area contributed by atoms with Crippen molar-refractivity contribution in [2.45, 2.75) is 39.0 Å². The Morgan fingerprint density at radius 3 is 2.20 bits per heavy atom. The summed E-state index contributed by atoms with van der Waals surface area (Å²) in [7, 11) is 0. The molecular formula is C14H19N. The molecular weight excluding hydrogens is 182 g/mol. The van der Waals surface area contributed by atoms with Crippen LogP contribution in [0.2, 0.25) is 0 Å². The van der Waals surface area contributed by atoms with Crippen LogP contribution in [0.3, 0.4) is 0 Å². The standard InChI is InChI=1S/C14H19N/c1-14(2,3)12-8-6-11(7-9-12)13-5-4-10-15-13/h6-9H,4-5,10H2,1-3H3. The second kappa shape index (κ2) is 3.80. The van der Waals surface area contributed by atoms with Gasteiger partial charge in [-0.05, 0) is 29.4 Å².